The van der Waals surface area contributed by atoms with Crippen molar-refractivity contribution in [3.05, 3.63) is 29.8 Å². The fraction of sp³-hybridized carbons (Fsp3) is 0.571. The Balaban J connectivity index is 1.89. The summed E-state index contributed by atoms with van der Waals surface area (Å²) in [7, 11) is 0. The van der Waals surface area contributed by atoms with E-state index in [4.69, 9.17) is 4.74 Å². The Morgan fingerprint density at radius 1 is 1.31 bits per heavy atom. The van der Waals surface area contributed by atoms with Gasteiger partial charge in [0.15, 0.2) is 0 Å². The van der Waals surface area contributed by atoms with Gasteiger partial charge in [-0.05, 0) is 11.5 Å². The fourth-order valence-electron chi connectivity index (χ4n) is 2.02. The van der Waals surface area contributed by atoms with Gasteiger partial charge < -0.3 is 10.1 Å². The maximum absolute atomic E-state index is 5.65. The molecule has 88 valence electrons. The molecule has 0 saturated heterocycles. The van der Waals surface area contributed by atoms with Gasteiger partial charge in [-0.15, -0.1) is 0 Å². The number of rotatable bonds is 3. The first-order valence-electron chi connectivity index (χ1n) is 5.99. The normalized spacial score (nSPS) is 19.3. The first-order valence-corrected chi connectivity index (χ1v) is 5.99. The number of ether oxygens (including phenoxy) is 1. The molecule has 0 fully saturated rings. The van der Waals surface area contributed by atoms with Crippen molar-refractivity contribution < 1.29 is 4.74 Å². The van der Waals surface area contributed by atoms with Crippen LogP contribution in [0.2, 0.25) is 0 Å². The summed E-state index contributed by atoms with van der Waals surface area (Å²) in [6, 6.07) is 8.35. The summed E-state index contributed by atoms with van der Waals surface area (Å²) in [6.07, 6.45) is 0. The lowest BCUT2D eigenvalue weighted by molar-refractivity contribution is 0.315. The molecule has 1 aliphatic heterocycles. The maximum atomic E-state index is 5.65. The molecule has 1 N–H and O–H groups in total. The van der Waals surface area contributed by atoms with E-state index in [1.807, 2.05) is 6.07 Å². The summed E-state index contributed by atoms with van der Waals surface area (Å²) in [5.74, 6) is 1.57. The van der Waals surface area contributed by atoms with Crippen LogP contribution in [0.15, 0.2) is 24.3 Å². The maximum Gasteiger partial charge on any atom is 0.122 e. The molecule has 0 bridgehead atoms. The van der Waals surface area contributed by atoms with Crippen molar-refractivity contribution in [2.75, 3.05) is 19.7 Å². The smallest absolute Gasteiger partial charge is 0.122 e. The summed E-state index contributed by atoms with van der Waals surface area (Å²) in [4.78, 5) is 0. The van der Waals surface area contributed by atoms with E-state index in [1.165, 1.54) is 5.56 Å². The molecule has 1 aliphatic rings. The molecule has 2 rings (SSSR count). The summed E-state index contributed by atoms with van der Waals surface area (Å²) < 4.78 is 5.65. The first-order chi connectivity index (χ1) is 7.56. The minimum Gasteiger partial charge on any atom is -0.493 e. The zero-order valence-electron chi connectivity index (χ0n) is 10.4. The van der Waals surface area contributed by atoms with Crippen LogP contribution < -0.4 is 10.1 Å². The lowest BCUT2D eigenvalue weighted by Crippen LogP contribution is -2.30. The Labute approximate surface area is 98.0 Å². The Morgan fingerprint density at radius 3 is 2.81 bits per heavy atom. The van der Waals surface area contributed by atoms with Crippen molar-refractivity contribution in [1.82, 2.24) is 5.32 Å². The van der Waals surface area contributed by atoms with Crippen molar-refractivity contribution >= 4 is 0 Å². The largest absolute Gasteiger partial charge is 0.493 e. The molecular weight excluding hydrogens is 198 g/mol. The monoisotopic (exact) mass is 219 g/mol. The molecule has 1 atom stereocenters. The van der Waals surface area contributed by atoms with Crippen LogP contribution in [0.5, 0.6) is 5.75 Å². The lowest BCUT2D eigenvalue weighted by Gasteiger charge is -2.20. The topological polar surface area (TPSA) is 21.3 Å². The first kappa shape index (κ1) is 11.5. The highest BCUT2D eigenvalue weighted by atomic mass is 16.5. The Bertz CT molecular complexity index is 354. The van der Waals surface area contributed by atoms with Crippen LogP contribution >= 0.6 is 0 Å². The Hall–Kier alpha value is -1.02. The van der Waals surface area contributed by atoms with Gasteiger partial charge >= 0.3 is 0 Å². The average molecular weight is 219 g/mol. The minimum atomic E-state index is 0.346. The summed E-state index contributed by atoms with van der Waals surface area (Å²) in [5, 5.41) is 3.53. The van der Waals surface area contributed by atoms with Gasteiger partial charge in [0.1, 0.15) is 5.75 Å². The second-order valence-electron chi connectivity index (χ2n) is 5.74. The van der Waals surface area contributed by atoms with Gasteiger partial charge in [-0.2, -0.15) is 0 Å². The quantitative estimate of drug-likeness (QED) is 0.844. The zero-order chi connectivity index (χ0) is 11.6. The number of hydrogen-bond donors (Lipinski definition) is 1. The van der Waals surface area contributed by atoms with E-state index in [-0.39, 0.29) is 0 Å². The summed E-state index contributed by atoms with van der Waals surface area (Å²) in [5.41, 5.74) is 1.70. The van der Waals surface area contributed by atoms with Crippen molar-refractivity contribution in [3.8, 4) is 5.75 Å². The highest BCUT2D eigenvalue weighted by Crippen LogP contribution is 2.32. The van der Waals surface area contributed by atoms with E-state index in [0.717, 1.165) is 25.4 Å². The predicted octanol–water partition coefficient (Wildman–Crippen LogP) is 2.80. The standard InChI is InChI=1S/C14H21NO/c1-14(2,3)10-15-8-11-9-16-13-7-5-4-6-12(11)13/h4-7,11,15H,8-10H2,1-3H3. The van der Waals surface area contributed by atoms with E-state index in [9.17, 15) is 0 Å². The SMILES string of the molecule is CC(C)(C)CNCC1COc2ccccc21. The second-order valence-corrected chi connectivity index (χ2v) is 5.74. The third-order valence-electron chi connectivity index (χ3n) is 2.84. The summed E-state index contributed by atoms with van der Waals surface area (Å²) in [6.45, 7) is 9.62. The molecule has 0 aliphatic carbocycles. The molecule has 1 unspecified atom stereocenters. The van der Waals surface area contributed by atoms with E-state index >= 15 is 0 Å². The van der Waals surface area contributed by atoms with Gasteiger partial charge in [0.2, 0.25) is 0 Å². The van der Waals surface area contributed by atoms with Gasteiger partial charge in [-0.25, -0.2) is 0 Å². The number of benzene rings is 1. The van der Waals surface area contributed by atoms with Crippen LogP contribution in [0.3, 0.4) is 0 Å². The van der Waals surface area contributed by atoms with Crippen LogP contribution in [0.1, 0.15) is 32.3 Å². The van der Waals surface area contributed by atoms with Gasteiger partial charge in [0, 0.05) is 24.6 Å². The van der Waals surface area contributed by atoms with Crippen LogP contribution in [-0.2, 0) is 0 Å². The van der Waals surface area contributed by atoms with Gasteiger partial charge in [0.05, 0.1) is 6.61 Å². The number of fused-ring (bicyclic) bond motifs is 1. The molecule has 1 aromatic rings. The number of hydrogen-bond acceptors (Lipinski definition) is 2. The van der Waals surface area contributed by atoms with Crippen LogP contribution in [0.25, 0.3) is 0 Å². The minimum absolute atomic E-state index is 0.346. The average Bonchev–Trinajstić information content (AvgIpc) is 2.60. The van der Waals surface area contributed by atoms with Crippen LogP contribution in [-0.4, -0.2) is 19.7 Å². The van der Waals surface area contributed by atoms with E-state index in [1.54, 1.807) is 0 Å². The zero-order valence-corrected chi connectivity index (χ0v) is 10.4. The fourth-order valence-corrected chi connectivity index (χ4v) is 2.02. The third-order valence-corrected chi connectivity index (χ3v) is 2.84. The third kappa shape index (κ3) is 2.76. The van der Waals surface area contributed by atoms with E-state index in [2.05, 4.69) is 44.3 Å². The molecule has 2 heteroatoms. The molecule has 2 nitrogen and oxygen atoms in total. The van der Waals surface area contributed by atoms with Crippen molar-refractivity contribution in [2.24, 2.45) is 5.41 Å². The molecule has 1 heterocycles. The number of nitrogens with one attached hydrogen (secondary N) is 1. The summed E-state index contributed by atoms with van der Waals surface area (Å²) >= 11 is 0. The molecule has 16 heavy (non-hydrogen) atoms. The highest BCUT2D eigenvalue weighted by molar-refractivity contribution is 5.39. The molecule has 0 amide bonds. The van der Waals surface area contributed by atoms with E-state index < -0.39 is 0 Å². The second kappa shape index (κ2) is 4.46. The lowest BCUT2D eigenvalue weighted by atomic mass is 9.96. The van der Waals surface area contributed by atoms with Crippen molar-refractivity contribution in [1.29, 1.82) is 0 Å². The Morgan fingerprint density at radius 2 is 2.06 bits per heavy atom. The predicted molar refractivity (Wildman–Crippen MR) is 67.0 cm³/mol. The molecular formula is C14H21NO. The van der Waals surface area contributed by atoms with Crippen molar-refractivity contribution in [3.63, 3.8) is 0 Å². The van der Waals surface area contributed by atoms with Gasteiger partial charge in [0.25, 0.3) is 0 Å². The molecule has 0 radical (unpaired) electrons. The van der Waals surface area contributed by atoms with Crippen LogP contribution in [0.4, 0.5) is 0 Å². The Kier molecular flexibility index (Phi) is 3.20. The highest BCUT2D eigenvalue weighted by Gasteiger charge is 2.23. The van der Waals surface area contributed by atoms with Crippen molar-refractivity contribution in [2.45, 2.75) is 26.7 Å². The van der Waals surface area contributed by atoms with Gasteiger partial charge in [-0.3, -0.25) is 0 Å². The molecule has 0 spiro atoms. The van der Waals surface area contributed by atoms with Crippen LogP contribution in [0, 0.1) is 5.41 Å². The van der Waals surface area contributed by atoms with E-state index in [0.29, 0.717) is 11.3 Å². The molecule has 0 aromatic heterocycles. The molecule has 0 saturated carbocycles. The number of para-hydroxylation sites is 1. The van der Waals surface area contributed by atoms with Gasteiger partial charge in [-0.1, -0.05) is 39.0 Å². The molecule has 1 aromatic carbocycles.